The van der Waals surface area contributed by atoms with Crippen LogP contribution >= 0.6 is 0 Å². The average molecular weight is 204 g/mol. The van der Waals surface area contributed by atoms with E-state index in [1.807, 2.05) is 12.1 Å². The largest absolute Gasteiger partial charge is 0.486 e. The van der Waals surface area contributed by atoms with Gasteiger partial charge < -0.3 is 10.1 Å². The Morgan fingerprint density at radius 3 is 3.13 bits per heavy atom. The monoisotopic (exact) mass is 204 g/mol. The van der Waals surface area contributed by atoms with Gasteiger partial charge in [0.1, 0.15) is 18.2 Å². The Morgan fingerprint density at radius 2 is 2.40 bits per heavy atom. The molecule has 0 saturated carbocycles. The van der Waals surface area contributed by atoms with Crippen LogP contribution in [0, 0.1) is 0 Å². The highest BCUT2D eigenvalue weighted by Gasteiger charge is 2.05. The van der Waals surface area contributed by atoms with Crippen LogP contribution in [0.5, 0.6) is 5.75 Å². The van der Waals surface area contributed by atoms with Crippen molar-refractivity contribution in [2.24, 2.45) is 4.99 Å². The van der Waals surface area contributed by atoms with E-state index in [0.29, 0.717) is 6.61 Å². The molecule has 0 bridgehead atoms. The van der Waals surface area contributed by atoms with Gasteiger partial charge in [0.15, 0.2) is 0 Å². The topological polar surface area (TPSA) is 33.6 Å². The molecule has 0 aromatic heterocycles. The number of benzene rings is 1. The first-order valence-corrected chi connectivity index (χ1v) is 5.37. The van der Waals surface area contributed by atoms with Gasteiger partial charge in [-0.05, 0) is 24.1 Å². The Hall–Kier alpha value is -1.51. The summed E-state index contributed by atoms with van der Waals surface area (Å²) in [7, 11) is 0. The maximum atomic E-state index is 5.64. The third-order valence-corrected chi connectivity index (χ3v) is 2.43. The van der Waals surface area contributed by atoms with Crippen molar-refractivity contribution in [1.82, 2.24) is 5.32 Å². The van der Waals surface area contributed by atoms with Crippen LogP contribution in [0.1, 0.15) is 12.5 Å². The summed E-state index contributed by atoms with van der Waals surface area (Å²) in [6, 6.07) is 8.19. The first kappa shape index (κ1) is 10.0. The smallest absolute Gasteiger partial charge is 0.145 e. The summed E-state index contributed by atoms with van der Waals surface area (Å²) >= 11 is 0. The minimum atomic E-state index is 0.549. The van der Waals surface area contributed by atoms with E-state index in [-0.39, 0.29) is 0 Å². The molecular weight excluding hydrogens is 188 g/mol. The number of aliphatic imine (C=N–C) groups is 1. The Morgan fingerprint density at radius 1 is 1.47 bits per heavy atom. The van der Waals surface area contributed by atoms with Crippen LogP contribution in [0.25, 0.3) is 0 Å². The predicted octanol–water partition coefficient (Wildman–Crippen LogP) is 1.63. The fourth-order valence-electron chi connectivity index (χ4n) is 1.55. The van der Waals surface area contributed by atoms with Gasteiger partial charge in [-0.15, -0.1) is 0 Å². The van der Waals surface area contributed by atoms with Crippen LogP contribution < -0.4 is 10.1 Å². The van der Waals surface area contributed by atoms with Gasteiger partial charge >= 0.3 is 0 Å². The van der Waals surface area contributed by atoms with Crippen LogP contribution in [0.15, 0.2) is 29.3 Å². The van der Waals surface area contributed by atoms with Gasteiger partial charge in [0.2, 0.25) is 0 Å². The molecule has 1 heterocycles. The molecule has 0 unspecified atom stereocenters. The highest BCUT2D eigenvalue weighted by Crippen LogP contribution is 2.13. The lowest BCUT2D eigenvalue weighted by molar-refractivity contribution is 0.373. The van der Waals surface area contributed by atoms with E-state index in [9.17, 15) is 0 Å². The Kier molecular flexibility index (Phi) is 3.22. The zero-order valence-electron chi connectivity index (χ0n) is 8.99. The summed E-state index contributed by atoms with van der Waals surface area (Å²) in [4.78, 5) is 4.27. The number of amidine groups is 1. The first-order chi connectivity index (χ1) is 7.38. The summed E-state index contributed by atoms with van der Waals surface area (Å²) in [5, 5.41) is 3.18. The van der Waals surface area contributed by atoms with Crippen LogP contribution in [0.3, 0.4) is 0 Å². The molecule has 1 aliphatic rings. The Bertz CT molecular complexity index is 360. The molecule has 80 valence electrons. The SMILES string of the molecule is CCc1cccc(OCC2=NCCN2)c1. The molecule has 0 atom stereocenters. The van der Waals surface area contributed by atoms with Gasteiger partial charge in [0.05, 0.1) is 6.54 Å². The van der Waals surface area contributed by atoms with E-state index in [2.05, 4.69) is 29.4 Å². The molecule has 1 aromatic carbocycles. The number of aryl methyl sites for hydroxylation is 1. The second-order valence-corrected chi connectivity index (χ2v) is 3.54. The third kappa shape index (κ3) is 2.72. The van der Waals surface area contributed by atoms with Crippen LogP contribution in [0.2, 0.25) is 0 Å². The number of ether oxygens (including phenoxy) is 1. The second-order valence-electron chi connectivity index (χ2n) is 3.54. The molecule has 0 aliphatic carbocycles. The van der Waals surface area contributed by atoms with Crippen molar-refractivity contribution in [3.8, 4) is 5.75 Å². The summed E-state index contributed by atoms with van der Waals surface area (Å²) in [6.07, 6.45) is 1.04. The molecule has 3 heteroatoms. The Balaban J connectivity index is 1.92. The van der Waals surface area contributed by atoms with Gasteiger partial charge in [0.25, 0.3) is 0 Å². The maximum absolute atomic E-state index is 5.64. The normalized spacial score (nSPS) is 14.6. The fourth-order valence-corrected chi connectivity index (χ4v) is 1.55. The van der Waals surface area contributed by atoms with Crippen molar-refractivity contribution >= 4 is 5.84 Å². The lowest BCUT2D eigenvalue weighted by Gasteiger charge is -2.07. The molecule has 2 rings (SSSR count). The summed E-state index contributed by atoms with van der Waals surface area (Å²) in [5.74, 6) is 1.88. The standard InChI is InChI=1S/C12H16N2O/c1-2-10-4-3-5-11(8-10)15-9-12-13-6-7-14-12/h3-5,8H,2,6-7,9H2,1H3,(H,13,14). The van der Waals surface area contributed by atoms with Crippen molar-refractivity contribution in [1.29, 1.82) is 0 Å². The number of hydrogen-bond donors (Lipinski definition) is 1. The quantitative estimate of drug-likeness (QED) is 0.808. The molecule has 0 saturated heterocycles. The molecule has 0 radical (unpaired) electrons. The zero-order chi connectivity index (χ0) is 10.5. The number of hydrogen-bond acceptors (Lipinski definition) is 3. The minimum absolute atomic E-state index is 0.549. The highest BCUT2D eigenvalue weighted by atomic mass is 16.5. The van der Waals surface area contributed by atoms with Gasteiger partial charge in [-0.25, -0.2) is 0 Å². The van der Waals surface area contributed by atoms with E-state index in [1.54, 1.807) is 0 Å². The number of nitrogens with zero attached hydrogens (tertiary/aromatic N) is 1. The molecule has 0 fully saturated rings. The lowest BCUT2D eigenvalue weighted by atomic mass is 10.2. The van der Waals surface area contributed by atoms with Crippen molar-refractivity contribution in [2.75, 3.05) is 19.7 Å². The van der Waals surface area contributed by atoms with Gasteiger partial charge in [-0.2, -0.15) is 0 Å². The van der Waals surface area contributed by atoms with Crippen LogP contribution in [-0.2, 0) is 6.42 Å². The number of nitrogens with one attached hydrogen (secondary N) is 1. The predicted molar refractivity (Wildman–Crippen MR) is 61.6 cm³/mol. The summed E-state index contributed by atoms with van der Waals surface area (Å²) in [5.41, 5.74) is 1.30. The molecule has 3 nitrogen and oxygen atoms in total. The van der Waals surface area contributed by atoms with Crippen molar-refractivity contribution in [3.05, 3.63) is 29.8 Å². The highest BCUT2D eigenvalue weighted by molar-refractivity contribution is 5.84. The minimum Gasteiger partial charge on any atom is -0.486 e. The van der Waals surface area contributed by atoms with E-state index < -0.39 is 0 Å². The van der Waals surface area contributed by atoms with Crippen molar-refractivity contribution in [2.45, 2.75) is 13.3 Å². The maximum Gasteiger partial charge on any atom is 0.145 e. The number of rotatable bonds is 4. The average Bonchev–Trinajstić information content (AvgIpc) is 2.79. The van der Waals surface area contributed by atoms with Gasteiger partial charge in [-0.3, -0.25) is 4.99 Å². The zero-order valence-corrected chi connectivity index (χ0v) is 8.99. The molecule has 1 aromatic rings. The lowest BCUT2D eigenvalue weighted by Crippen LogP contribution is -2.24. The van der Waals surface area contributed by atoms with Crippen molar-refractivity contribution in [3.63, 3.8) is 0 Å². The second kappa shape index (κ2) is 4.82. The van der Waals surface area contributed by atoms with Crippen molar-refractivity contribution < 1.29 is 4.74 Å². The molecule has 0 spiro atoms. The molecule has 1 N–H and O–H groups in total. The molecule has 1 aliphatic heterocycles. The fraction of sp³-hybridized carbons (Fsp3) is 0.417. The van der Waals surface area contributed by atoms with Gasteiger partial charge in [-0.1, -0.05) is 19.1 Å². The van der Waals surface area contributed by atoms with E-state index in [1.165, 1.54) is 5.56 Å². The van der Waals surface area contributed by atoms with E-state index in [4.69, 9.17) is 4.74 Å². The van der Waals surface area contributed by atoms with Crippen LogP contribution in [-0.4, -0.2) is 25.5 Å². The molecule has 0 amide bonds. The third-order valence-electron chi connectivity index (χ3n) is 2.43. The summed E-state index contributed by atoms with van der Waals surface area (Å²) in [6.45, 7) is 4.50. The van der Waals surface area contributed by atoms with E-state index >= 15 is 0 Å². The van der Waals surface area contributed by atoms with Crippen LogP contribution in [0.4, 0.5) is 0 Å². The van der Waals surface area contributed by atoms with E-state index in [0.717, 1.165) is 31.1 Å². The molecular formula is C12H16N2O. The summed E-state index contributed by atoms with van der Waals surface area (Å²) < 4.78 is 5.64. The van der Waals surface area contributed by atoms with Gasteiger partial charge in [0, 0.05) is 6.54 Å². The Labute approximate surface area is 90.2 Å². The first-order valence-electron chi connectivity index (χ1n) is 5.37. The molecule has 15 heavy (non-hydrogen) atoms.